The minimum atomic E-state index is -4.71. The number of rotatable bonds is 8. The van der Waals surface area contributed by atoms with Crippen LogP contribution in [0.5, 0.6) is 11.5 Å². The van der Waals surface area contributed by atoms with Gasteiger partial charge in [0.15, 0.2) is 0 Å². The van der Waals surface area contributed by atoms with Crippen molar-refractivity contribution in [2.45, 2.75) is 38.1 Å². The first-order chi connectivity index (χ1) is 15.1. The molecule has 1 amide bonds. The Kier molecular flexibility index (Phi) is 6.03. The Bertz CT molecular complexity index is 984. The maximum Gasteiger partial charge on any atom is 0.573 e. The minimum absolute atomic E-state index is 0.0282. The summed E-state index contributed by atoms with van der Waals surface area (Å²) < 4.78 is 60.9. The molecule has 9 heteroatoms. The van der Waals surface area contributed by atoms with E-state index in [-0.39, 0.29) is 29.2 Å². The Morgan fingerprint density at radius 2 is 1.84 bits per heavy atom. The molecule has 1 aliphatic heterocycles. The number of amides is 1. The van der Waals surface area contributed by atoms with Gasteiger partial charge in [0.05, 0.1) is 12.2 Å². The minimum Gasteiger partial charge on any atom is -0.493 e. The molecule has 2 aromatic carbocycles. The molecule has 4 rings (SSSR count). The van der Waals surface area contributed by atoms with Crippen LogP contribution in [0.4, 0.5) is 17.6 Å². The van der Waals surface area contributed by atoms with Crippen molar-refractivity contribution in [3.63, 3.8) is 0 Å². The molecule has 32 heavy (non-hydrogen) atoms. The van der Waals surface area contributed by atoms with E-state index in [0.717, 1.165) is 37.1 Å². The van der Waals surface area contributed by atoms with Crippen molar-refractivity contribution < 1.29 is 31.8 Å². The van der Waals surface area contributed by atoms with Crippen LogP contribution in [0, 0.1) is 11.7 Å². The molecular weight excluding hydrogens is 428 g/mol. The summed E-state index contributed by atoms with van der Waals surface area (Å²) in [5.74, 6) is -0.746. The van der Waals surface area contributed by atoms with Crippen LogP contribution in [-0.2, 0) is 0 Å². The molecule has 0 bridgehead atoms. The van der Waals surface area contributed by atoms with Crippen LogP contribution in [0.25, 0.3) is 0 Å². The standard InChI is InChI=1S/C23H24F4N2O3/c1-13(15-4-6-17(7-5-15)32-23(25,26)27)29-10-14(11-29)12-31-21-9-20(24)19(22(28)30)8-18(21)16-2-3-16/h4-9,13-14,16H,2-3,10-12H2,1H3,(H2,28,30). The number of hydrogen-bond donors (Lipinski definition) is 1. The molecule has 2 N–H and O–H groups in total. The average Bonchev–Trinajstić information content (AvgIpc) is 3.50. The fourth-order valence-electron chi connectivity index (χ4n) is 4.00. The van der Waals surface area contributed by atoms with Crippen LogP contribution in [0.1, 0.15) is 53.2 Å². The first kappa shape index (κ1) is 22.4. The van der Waals surface area contributed by atoms with Crippen LogP contribution < -0.4 is 15.2 Å². The largest absolute Gasteiger partial charge is 0.573 e. The first-order valence-electron chi connectivity index (χ1n) is 10.5. The van der Waals surface area contributed by atoms with Gasteiger partial charge in [0.1, 0.15) is 17.3 Å². The highest BCUT2D eigenvalue weighted by molar-refractivity contribution is 5.93. The highest BCUT2D eigenvalue weighted by Gasteiger charge is 2.34. The van der Waals surface area contributed by atoms with Crippen LogP contribution in [0.15, 0.2) is 36.4 Å². The third-order valence-electron chi connectivity index (χ3n) is 5.99. The van der Waals surface area contributed by atoms with Gasteiger partial charge in [0, 0.05) is 31.1 Å². The fraction of sp³-hybridized carbons (Fsp3) is 0.435. The molecule has 172 valence electrons. The molecule has 0 spiro atoms. The van der Waals surface area contributed by atoms with Crippen molar-refractivity contribution in [3.05, 3.63) is 58.9 Å². The molecular formula is C23H24F4N2O3. The highest BCUT2D eigenvalue weighted by Crippen LogP contribution is 2.45. The van der Waals surface area contributed by atoms with Crippen molar-refractivity contribution in [2.24, 2.45) is 11.7 Å². The van der Waals surface area contributed by atoms with E-state index in [1.54, 1.807) is 12.1 Å². The number of ether oxygens (including phenoxy) is 2. The Morgan fingerprint density at radius 3 is 2.41 bits per heavy atom. The Balaban J connectivity index is 1.31. The number of nitrogens with zero attached hydrogens (tertiary/aromatic N) is 1. The molecule has 1 heterocycles. The number of likely N-dealkylation sites (tertiary alicyclic amines) is 1. The molecule has 1 saturated heterocycles. The predicted octanol–water partition coefficient (Wildman–Crippen LogP) is 4.77. The molecule has 2 fully saturated rings. The topological polar surface area (TPSA) is 64.8 Å². The zero-order chi connectivity index (χ0) is 23.0. The van der Waals surface area contributed by atoms with E-state index < -0.39 is 18.1 Å². The van der Waals surface area contributed by atoms with Gasteiger partial charge < -0.3 is 15.2 Å². The van der Waals surface area contributed by atoms with E-state index in [4.69, 9.17) is 10.5 Å². The molecule has 0 aromatic heterocycles. The second kappa shape index (κ2) is 8.61. The highest BCUT2D eigenvalue weighted by atomic mass is 19.4. The van der Waals surface area contributed by atoms with Crippen molar-refractivity contribution in [3.8, 4) is 11.5 Å². The number of nitrogens with two attached hydrogens (primary N) is 1. The van der Waals surface area contributed by atoms with Crippen molar-refractivity contribution in [1.82, 2.24) is 4.90 Å². The van der Waals surface area contributed by atoms with Crippen molar-refractivity contribution in [2.75, 3.05) is 19.7 Å². The monoisotopic (exact) mass is 452 g/mol. The van der Waals surface area contributed by atoms with Crippen LogP contribution in [0.3, 0.4) is 0 Å². The third-order valence-corrected chi connectivity index (χ3v) is 5.99. The number of alkyl halides is 3. The molecule has 1 unspecified atom stereocenters. The van der Waals surface area contributed by atoms with Gasteiger partial charge in [0.25, 0.3) is 5.91 Å². The maximum absolute atomic E-state index is 14.2. The second-order valence-electron chi connectivity index (χ2n) is 8.43. The molecule has 1 saturated carbocycles. The van der Waals surface area contributed by atoms with E-state index >= 15 is 0 Å². The summed E-state index contributed by atoms with van der Waals surface area (Å²) in [5.41, 5.74) is 6.85. The number of hydrogen-bond acceptors (Lipinski definition) is 4. The van der Waals surface area contributed by atoms with E-state index in [9.17, 15) is 22.4 Å². The first-order valence-corrected chi connectivity index (χ1v) is 10.5. The van der Waals surface area contributed by atoms with Gasteiger partial charge in [-0.15, -0.1) is 13.2 Å². The number of carbonyl (C=O) groups is 1. The molecule has 1 aliphatic carbocycles. The lowest BCUT2D eigenvalue weighted by molar-refractivity contribution is -0.274. The fourth-order valence-corrected chi connectivity index (χ4v) is 4.00. The van der Waals surface area contributed by atoms with Gasteiger partial charge in [-0.05, 0) is 55.0 Å². The SMILES string of the molecule is CC(c1ccc(OC(F)(F)F)cc1)N1CC(COc2cc(F)c(C(N)=O)cc2C2CC2)C1. The lowest BCUT2D eigenvalue weighted by Crippen LogP contribution is -2.50. The molecule has 2 aliphatic rings. The summed E-state index contributed by atoms with van der Waals surface area (Å²) in [6.45, 7) is 3.90. The summed E-state index contributed by atoms with van der Waals surface area (Å²) in [7, 11) is 0. The van der Waals surface area contributed by atoms with E-state index in [0.29, 0.717) is 12.4 Å². The zero-order valence-corrected chi connectivity index (χ0v) is 17.5. The summed E-state index contributed by atoms with van der Waals surface area (Å²) in [6.07, 6.45) is -2.76. The summed E-state index contributed by atoms with van der Waals surface area (Å²) in [5, 5.41) is 0. The van der Waals surface area contributed by atoms with Crippen molar-refractivity contribution in [1.29, 1.82) is 0 Å². The van der Waals surface area contributed by atoms with Gasteiger partial charge in [-0.1, -0.05) is 12.1 Å². The van der Waals surface area contributed by atoms with Gasteiger partial charge in [-0.3, -0.25) is 9.69 Å². The lowest BCUT2D eigenvalue weighted by Gasteiger charge is -2.43. The van der Waals surface area contributed by atoms with Gasteiger partial charge in [-0.25, -0.2) is 4.39 Å². The number of halogens is 4. The third kappa shape index (κ3) is 5.15. The molecule has 0 radical (unpaired) electrons. The van der Waals surface area contributed by atoms with Gasteiger partial charge >= 0.3 is 6.36 Å². The quantitative estimate of drug-likeness (QED) is 0.586. The second-order valence-corrected chi connectivity index (χ2v) is 8.43. The van der Waals surface area contributed by atoms with Crippen LogP contribution in [-0.4, -0.2) is 36.9 Å². The number of primary amides is 1. The molecule has 1 atom stereocenters. The van der Waals surface area contributed by atoms with Crippen LogP contribution >= 0.6 is 0 Å². The summed E-state index contributed by atoms with van der Waals surface area (Å²) in [4.78, 5) is 13.6. The number of carbonyl (C=O) groups excluding carboxylic acids is 1. The van der Waals surface area contributed by atoms with Gasteiger partial charge in [0.2, 0.25) is 0 Å². The lowest BCUT2D eigenvalue weighted by atomic mass is 9.95. The van der Waals surface area contributed by atoms with Crippen LogP contribution in [0.2, 0.25) is 0 Å². The molecule has 2 aromatic rings. The average molecular weight is 452 g/mol. The Morgan fingerprint density at radius 1 is 1.19 bits per heavy atom. The zero-order valence-electron chi connectivity index (χ0n) is 17.5. The summed E-state index contributed by atoms with van der Waals surface area (Å²) in [6, 6.07) is 8.65. The smallest absolute Gasteiger partial charge is 0.493 e. The van der Waals surface area contributed by atoms with E-state index in [1.165, 1.54) is 24.3 Å². The predicted molar refractivity (Wildman–Crippen MR) is 109 cm³/mol. The van der Waals surface area contributed by atoms with Gasteiger partial charge in [-0.2, -0.15) is 0 Å². The summed E-state index contributed by atoms with van der Waals surface area (Å²) >= 11 is 0. The van der Waals surface area contributed by atoms with E-state index in [2.05, 4.69) is 9.64 Å². The Labute approximate surface area is 183 Å². The molecule has 5 nitrogen and oxygen atoms in total. The normalized spacial score (nSPS) is 18.2. The maximum atomic E-state index is 14.2. The van der Waals surface area contributed by atoms with Crippen molar-refractivity contribution >= 4 is 5.91 Å². The number of benzene rings is 2. The Hall–Kier alpha value is -2.81. The van der Waals surface area contributed by atoms with E-state index in [1.807, 2.05) is 6.92 Å².